The molecule has 0 fully saturated rings. The zero-order chi connectivity index (χ0) is 19.9. The molecule has 0 bridgehead atoms. The van der Waals surface area contributed by atoms with Gasteiger partial charge in [0.25, 0.3) is 0 Å². The number of fused-ring (bicyclic) bond motifs is 1. The molecule has 0 saturated heterocycles. The Labute approximate surface area is 164 Å². The van der Waals surface area contributed by atoms with Crippen molar-refractivity contribution >= 4 is 16.7 Å². The summed E-state index contributed by atoms with van der Waals surface area (Å²) in [6, 6.07) is 13.7. The number of nitrogens with zero attached hydrogens (tertiary/aromatic N) is 1. The molecule has 0 unspecified atom stereocenters. The molecule has 1 heterocycles. The van der Waals surface area contributed by atoms with Crippen LogP contribution >= 0.6 is 0 Å². The maximum absolute atomic E-state index is 10.7. The monoisotopic (exact) mass is 379 g/mol. The highest BCUT2D eigenvalue weighted by molar-refractivity contribution is 5.87. The molecule has 28 heavy (non-hydrogen) atoms. The van der Waals surface area contributed by atoms with Crippen LogP contribution in [0.5, 0.6) is 11.5 Å². The number of carboxylic acid groups (broad SMARTS) is 1. The highest BCUT2D eigenvalue weighted by atomic mass is 16.5. The average Bonchev–Trinajstić information content (AvgIpc) is 2.67. The van der Waals surface area contributed by atoms with Crippen LogP contribution in [0.3, 0.4) is 0 Å². The second kappa shape index (κ2) is 9.22. The Kier molecular flexibility index (Phi) is 6.48. The fraction of sp³-hybridized carbons (Fsp3) is 0.304. The third-order valence-electron chi connectivity index (χ3n) is 4.68. The van der Waals surface area contributed by atoms with E-state index in [1.165, 1.54) is 0 Å². The quantitative estimate of drug-likeness (QED) is 0.578. The first-order chi connectivity index (χ1) is 13.5. The van der Waals surface area contributed by atoms with Crippen molar-refractivity contribution in [1.29, 1.82) is 0 Å². The number of rotatable bonds is 9. The lowest BCUT2D eigenvalue weighted by Gasteiger charge is -2.17. The van der Waals surface area contributed by atoms with Gasteiger partial charge < -0.3 is 14.6 Å². The number of aromatic nitrogens is 1. The van der Waals surface area contributed by atoms with E-state index in [0.717, 1.165) is 39.8 Å². The lowest BCUT2D eigenvalue weighted by Crippen LogP contribution is -2.16. The minimum absolute atomic E-state index is 0.00898. The van der Waals surface area contributed by atoms with E-state index in [0.29, 0.717) is 13.0 Å². The zero-order valence-electron chi connectivity index (χ0n) is 16.2. The van der Waals surface area contributed by atoms with Crippen LogP contribution in [0.2, 0.25) is 0 Å². The normalized spacial score (nSPS) is 11.9. The second-order valence-corrected chi connectivity index (χ2v) is 6.90. The van der Waals surface area contributed by atoms with E-state index in [9.17, 15) is 4.79 Å². The van der Waals surface area contributed by atoms with Gasteiger partial charge in [-0.05, 0) is 55.7 Å². The molecule has 1 N–H and O–H groups in total. The Hall–Kier alpha value is -3.08. The van der Waals surface area contributed by atoms with E-state index < -0.39 is 5.97 Å². The number of ether oxygens (including phenoxy) is 2. The van der Waals surface area contributed by atoms with Gasteiger partial charge >= 0.3 is 5.97 Å². The molecular weight excluding hydrogens is 354 g/mol. The van der Waals surface area contributed by atoms with Crippen molar-refractivity contribution in [2.24, 2.45) is 0 Å². The van der Waals surface area contributed by atoms with Crippen LogP contribution in [0.4, 0.5) is 0 Å². The summed E-state index contributed by atoms with van der Waals surface area (Å²) in [6.07, 6.45) is 5.03. The van der Waals surface area contributed by atoms with Crippen molar-refractivity contribution < 1.29 is 19.4 Å². The van der Waals surface area contributed by atoms with Crippen LogP contribution in [0, 0.1) is 6.92 Å². The van der Waals surface area contributed by atoms with Gasteiger partial charge in [-0.15, -0.1) is 0 Å². The van der Waals surface area contributed by atoms with Gasteiger partial charge in [0.1, 0.15) is 11.5 Å². The van der Waals surface area contributed by atoms with Gasteiger partial charge in [-0.1, -0.05) is 18.2 Å². The molecule has 146 valence electrons. The molecule has 1 atom stereocenters. The standard InChI is InChI=1S/C23H25NO4/c1-16-14-20(8-6-18(16)7-9-23(25)26)27-13-11-17(2)28-22-5-3-4-19-15-24-12-10-21(19)22/h3-6,8,10,12,14-15,17H,7,9,11,13H2,1-2H3,(H,25,26)/t17-/m1/s1. The molecule has 0 aliphatic carbocycles. The van der Waals surface area contributed by atoms with Crippen LogP contribution in [0.15, 0.2) is 54.9 Å². The molecule has 5 heteroatoms. The Morgan fingerprint density at radius 1 is 1.21 bits per heavy atom. The summed E-state index contributed by atoms with van der Waals surface area (Å²) in [6.45, 7) is 4.55. The summed E-state index contributed by atoms with van der Waals surface area (Å²) >= 11 is 0. The fourth-order valence-corrected chi connectivity index (χ4v) is 3.09. The minimum atomic E-state index is -0.781. The topological polar surface area (TPSA) is 68.7 Å². The number of benzene rings is 2. The summed E-state index contributed by atoms with van der Waals surface area (Å²) in [7, 11) is 0. The molecular formula is C23H25NO4. The molecule has 0 spiro atoms. The van der Waals surface area contributed by atoms with Crippen molar-refractivity contribution in [2.75, 3.05) is 6.61 Å². The molecule has 0 radical (unpaired) electrons. The zero-order valence-corrected chi connectivity index (χ0v) is 16.2. The van der Waals surface area contributed by atoms with Crippen molar-refractivity contribution in [1.82, 2.24) is 4.98 Å². The Morgan fingerprint density at radius 3 is 2.86 bits per heavy atom. The fourth-order valence-electron chi connectivity index (χ4n) is 3.09. The Morgan fingerprint density at radius 2 is 2.07 bits per heavy atom. The summed E-state index contributed by atoms with van der Waals surface area (Å²) in [5, 5.41) is 10.9. The van der Waals surface area contributed by atoms with Gasteiger partial charge in [0.05, 0.1) is 12.7 Å². The van der Waals surface area contributed by atoms with Gasteiger partial charge in [0.2, 0.25) is 0 Å². The third kappa shape index (κ3) is 5.22. The number of aryl methyl sites for hydroxylation is 2. The minimum Gasteiger partial charge on any atom is -0.493 e. The van der Waals surface area contributed by atoms with Crippen LogP contribution in [0.25, 0.3) is 10.8 Å². The number of hydrogen-bond donors (Lipinski definition) is 1. The molecule has 5 nitrogen and oxygen atoms in total. The van der Waals surface area contributed by atoms with Gasteiger partial charge in [-0.25, -0.2) is 0 Å². The maximum atomic E-state index is 10.7. The lowest BCUT2D eigenvalue weighted by molar-refractivity contribution is -0.136. The third-order valence-corrected chi connectivity index (χ3v) is 4.68. The van der Waals surface area contributed by atoms with Gasteiger partial charge in [0.15, 0.2) is 0 Å². The SMILES string of the molecule is Cc1cc(OCC[C@@H](C)Oc2cccc3cnccc23)ccc1CCC(=O)O. The predicted octanol–water partition coefficient (Wildman–Crippen LogP) is 4.80. The number of carboxylic acids is 1. The van der Waals surface area contributed by atoms with Crippen LogP contribution in [0.1, 0.15) is 30.9 Å². The molecule has 3 aromatic rings. The summed E-state index contributed by atoms with van der Waals surface area (Å²) < 4.78 is 12.0. The molecule has 1 aromatic heterocycles. The van der Waals surface area contributed by atoms with Crippen molar-refractivity contribution in [2.45, 2.75) is 39.2 Å². The van der Waals surface area contributed by atoms with Crippen molar-refractivity contribution in [3.05, 3.63) is 66.0 Å². The largest absolute Gasteiger partial charge is 0.493 e. The first kappa shape index (κ1) is 19.7. The maximum Gasteiger partial charge on any atom is 0.303 e. The molecule has 0 saturated carbocycles. The lowest BCUT2D eigenvalue weighted by atomic mass is 10.0. The number of aliphatic carboxylic acids is 1. The van der Waals surface area contributed by atoms with Gasteiger partial charge in [0, 0.05) is 36.0 Å². The van der Waals surface area contributed by atoms with E-state index in [1.54, 1.807) is 6.20 Å². The van der Waals surface area contributed by atoms with E-state index in [1.807, 2.05) is 62.5 Å². The predicted molar refractivity (Wildman–Crippen MR) is 109 cm³/mol. The van der Waals surface area contributed by atoms with Crippen LogP contribution < -0.4 is 9.47 Å². The van der Waals surface area contributed by atoms with Crippen molar-refractivity contribution in [3.63, 3.8) is 0 Å². The second-order valence-electron chi connectivity index (χ2n) is 6.90. The highest BCUT2D eigenvalue weighted by Gasteiger charge is 2.09. The average molecular weight is 379 g/mol. The number of hydrogen-bond acceptors (Lipinski definition) is 4. The summed E-state index contributed by atoms with van der Waals surface area (Å²) in [4.78, 5) is 14.9. The van der Waals surface area contributed by atoms with Gasteiger partial charge in [-0.2, -0.15) is 0 Å². The van der Waals surface area contributed by atoms with E-state index in [4.69, 9.17) is 14.6 Å². The highest BCUT2D eigenvalue weighted by Crippen LogP contribution is 2.26. The van der Waals surface area contributed by atoms with Gasteiger partial charge in [-0.3, -0.25) is 9.78 Å². The first-order valence-corrected chi connectivity index (χ1v) is 9.46. The Bertz CT molecular complexity index is 949. The number of pyridine rings is 1. The summed E-state index contributed by atoms with van der Waals surface area (Å²) in [5.41, 5.74) is 2.09. The van der Waals surface area contributed by atoms with Crippen molar-refractivity contribution in [3.8, 4) is 11.5 Å². The molecule has 0 amide bonds. The molecule has 0 aliphatic heterocycles. The molecule has 3 rings (SSSR count). The summed E-state index contributed by atoms with van der Waals surface area (Å²) in [5.74, 6) is 0.863. The van der Waals surface area contributed by atoms with E-state index >= 15 is 0 Å². The van der Waals surface area contributed by atoms with Crippen LogP contribution in [-0.4, -0.2) is 28.8 Å². The van der Waals surface area contributed by atoms with Crippen LogP contribution in [-0.2, 0) is 11.2 Å². The first-order valence-electron chi connectivity index (χ1n) is 9.46. The number of carbonyl (C=O) groups is 1. The smallest absolute Gasteiger partial charge is 0.303 e. The molecule has 2 aromatic carbocycles. The molecule has 0 aliphatic rings. The van der Waals surface area contributed by atoms with E-state index in [2.05, 4.69) is 4.98 Å². The Balaban J connectivity index is 1.52. The van der Waals surface area contributed by atoms with E-state index in [-0.39, 0.29) is 12.5 Å².